The van der Waals surface area contributed by atoms with Gasteiger partial charge in [0.25, 0.3) is 0 Å². The first-order chi connectivity index (χ1) is 8.17. The Hall–Kier alpha value is -1.82. The lowest BCUT2D eigenvalue weighted by Gasteiger charge is -2.07. The molecule has 3 heteroatoms. The maximum Gasteiger partial charge on any atom is 0.241 e. The van der Waals surface area contributed by atoms with E-state index in [0.29, 0.717) is 0 Å². The lowest BCUT2D eigenvalue weighted by Crippen LogP contribution is -2.18. The number of nitrogens with one attached hydrogen (secondary N) is 1. The number of hydrogen-bond acceptors (Lipinski definition) is 2. The first kappa shape index (κ1) is 13.2. The summed E-state index contributed by atoms with van der Waals surface area (Å²) in [5, 5.41) is 11.3. The highest BCUT2D eigenvalue weighted by Gasteiger charge is 2.11. The molecule has 0 bridgehead atoms. The Labute approximate surface area is 102 Å². The predicted octanol–water partition coefficient (Wildman–Crippen LogP) is 3.13. The highest BCUT2D eigenvalue weighted by atomic mass is 16.1. The van der Waals surface area contributed by atoms with Crippen LogP contribution in [0.25, 0.3) is 0 Å². The molecule has 0 aliphatic rings. The van der Waals surface area contributed by atoms with E-state index in [2.05, 4.69) is 12.2 Å². The van der Waals surface area contributed by atoms with Gasteiger partial charge in [0.1, 0.15) is 5.92 Å². The predicted molar refractivity (Wildman–Crippen MR) is 68.5 cm³/mol. The van der Waals surface area contributed by atoms with E-state index < -0.39 is 5.92 Å². The second-order valence-electron chi connectivity index (χ2n) is 4.14. The molecule has 1 rings (SSSR count). The van der Waals surface area contributed by atoms with Crippen molar-refractivity contribution in [2.45, 2.75) is 33.1 Å². The number of anilines is 1. The molecule has 1 amide bonds. The third kappa shape index (κ3) is 4.28. The molecule has 1 aromatic rings. The number of aryl methyl sites for hydroxylation is 1. The summed E-state index contributed by atoms with van der Waals surface area (Å²) in [5.74, 6) is -0.872. The van der Waals surface area contributed by atoms with Crippen molar-refractivity contribution >= 4 is 11.6 Å². The van der Waals surface area contributed by atoms with Crippen molar-refractivity contribution in [2.75, 3.05) is 5.32 Å². The number of carbonyl (C=O) groups is 1. The fraction of sp³-hybridized carbons (Fsp3) is 0.429. The lowest BCUT2D eigenvalue weighted by atomic mass is 10.1. The van der Waals surface area contributed by atoms with Crippen LogP contribution >= 0.6 is 0 Å². The molecule has 0 aromatic heterocycles. The minimum Gasteiger partial charge on any atom is -0.325 e. The maximum absolute atomic E-state index is 11.5. The van der Waals surface area contributed by atoms with E-state index in [1.165, 1.54) is 18.4 Å². The van der Waals surface area contributed by atoms with Crippen molar-refractivity contribution < 1.29 is 4.79 Å². The van der Waals surface area contributed by atoms with Gasteiger partial charge in [0, 0.05) is 5.69 Å². The summed E-state index contributed by atoms with van der Waals surface area (Å²) >= 11 is 0. The Morgan fingerprint density at radius 3 is 2.59 bits per heavy atom. The Balaban J connectivity index is 2.57. The molecule has 3 nitrogen and oxygen atoms in total. The fourth-order valence-corrected chi connectivity index (χ4v) is 1.44. The van der Waals surface area contributed by atoms with E-state index in [1.54, 1.807) is 6.92 Å². The number of nitriles is 1. The second-order valence-corrected chi connectivity index (χ2v) is 4.14. The van der Waals surface area contributed by atoms with Crippen LogP contribution in [0, 0.1) is 17.2 Å². The molecule has 0 radical (unpaired) electrons. The second kappa shape index (κ2) is 6.70. The van der Waals surface area contributed by atoms with E-state index in [0.717, 1.165) is 12.1 Å². The lowest BCUT2D eigenvalue weighted by molar-refractivity contribution is -0.117. The SMILES string of the molecule is CCCCc1ccc(NC(=O)C(C)C#N)cc1. The van der Waals surface area contributed by atoms with Crippen molar-refractivity contribution in [1.29, 1.82) is 5.26 Å². The molecule has 0 fully saturated rings. The van der Waals surface area contributed by atoms with Gasteiger partial charge in [0.15, 0.2) is 0 Å². The first-order valence-electron chi connectivity index (χ1n) is 5.96. The minimum atomic E-state index is -0.616. The largest absolute Gasteiger partial charge is 0.325 e. The summed E-state index contributed by atoms with van der Waals surface area (Å²) in [4.78, 5) is 11.5. The zero-order valence-corrected chi connectivity index (χ0v) is 10.4. The van der Waals surface area contributed by atoms with Crippen LogP contribution in [-0.2, 0) is 11.2 Å². The zero-order chi connectivity index (χ0) is 12.7. The number of unbranched alkanes of at least 4 members (excludes halogenated alkanes) is 1. The third-order valence-electron chi connectivity index (χ3n) is 2.63. The van der Waals surface area contributed by atoms with Crippen molar-refractivity contribution in [2.24, 2.45) is 5.92 Å². The quantitative estimate of drug-likeness (QED) is 0.844. The number of benzene rings is 1. The minimum absolute atomic E-state index is 0.256. The summed E-state index contributed by atoms with van der Waals surface area (Å²) in [6.45, 7) is 3.75. The van der Waals surface area contributed by atoms with E-state index in [9.17, 15) is 4.79 Å². The topological polar surface area (TPSA) is 52.9 Å². The van der Waals surface area contributed by atoms with Gasteiger partial charge < -0.3 is 5.32 Å². The summed E-state index contributed by atoms with van der Waals surface area (Å²) in [6.07, 6.45) is 3.43. The smallest absolute Gasteiger partial charge is 0.241 e. The van der Waals surface area contributed by atoms with Crippen LogP contribution in [0.3, 0.4) is 0 Å². The van der Waals surface area contributed by atoms with Crippen LogP contribution < -0.4 is 5.32 Å². The summed E-state index contributed by atoms with van der Waals surface area (Å²) < 4.78 is 0. The molecule has 0 aliphatic carbocycles. The molecule has 1 aromatic carbocycles. The van der Waals surface area contributed by atoms with Crippen molar-refractivity contribution in [3.05, 3.63) is 29.8 Å². The number of amides is 1. The van der Waals surface area contributed by atoms with Gasteiger partial charge >= 0.3 is 0 Å². The highest BCUT2D eigenvalue weighted by Crippen LogP contribution is 2.12. The van der Waals surface area contributed by atoms with Gasteiger partial charge in [-0.15, -0.1) is 0 Å². The maximum atomic E-state index is 11.5. The number of rotatable bonds is 5. The van der Waals surface area contributed by atoms with E-state index in [4.69, 9.17) is 5.26 Å². The van der Waals surface area contributed by atoms with Gasteiger partial charge in [-0.1, -0.05) is 25.5 Å². The van der Waals surface area contributed by atoms with Gasteiger partial charge in [-0.05, 0) is 37.5 Å². The average Bonchev–Trinajstić information content (AvgIpc) is 2.37. The van der Waals surface area contributed by atoms with Crippen LogP contribution in [0.4, 0.5) is 5.69 Å². The van der Waals surface area contributed by atoms with Gasteiger partial charge in [0.05, 0.1) is 6.07 Å². The van der Waals surface area contributed by atoms with Crippen molar-refractivity contribution in [3.63, 3.8) is 0 Å². The first-order valence-corrected chi connectivity index (χ1v) is 5.96. The monoisotopic (exact) mass is 230 g/mol. The summed E-state index contributed by atoms with van der Waals surface area (Å²) in [5.41, 5.74) is 2.02. The number of hydrogen-bond donors (Lipinski definition) is 1. The van der Waals surface area contributed by atoms with Gasteiger partial charge in [-0.3, -0.25) is 4.79 Å². The Morgan fingerprint density at radius 2 is 2.06 bits per heavy atom. The van der Waals surface area contributed by atoms with Crippen LogP contribution in [0.1, 0.15) is 32.3 Å². The zero-order valence-electron chi connectivity index (χ0n) is 10.4. The van der Waals surface area contributed by atoms with Crippen molar-refractivity contribution in [1.82, 2.24) is 0 Å². The summed E-state index contributed by atoms with van der Waals surface area (Å²) in [7, 11) is 0. The van der Waals surface area contributed by atoms with Crippen molar-refractivity contribution in [3.8, 4) is 6.07 Å². The summed E-state index contributed by atoms with van der Waals surface area (Å²) in [6, 6.07) is 9.71. The molecular formula is C14H18N2O. The van der Waals surface area contributed by atoms with Crippen LogP contribution in [0.5, 0.6) is 0 Å². The molecule has 0 saturated heterocycles. The third-order valence-corrected chi connectivity index (χ3v) is 2.63. The highest BCUT2D eigenvalue weighted by molar-refractivity contribution is 5.93. The average molecular weight is 230 g/mol. The van der Waals surface area contributed by atoms with Gasteiger partial charge in [0.2, 0.25) is 5.91 Å². The molecule has 0 spiro atoms. The standard InChI is InChI=1S/C14H18N2O/c1-3-4-5-12-6-8-13(9-7-12)16-14(17)11(2)10-15/h6-9,11H,3-5H2,1-2H3,(H,16,17). The Morgan fingerprint density at radius 1 is 1.41 bits per heavy atom. The Kier molecular flexibility index (Phi) is 5.22. The normalized spacial score (nSPS) is 11.6. The van der Waals surface area contributed by atoms with Gasteiger partial charge in [-0.25, -0.2) is 0 Å². The number of nitrogens with zero attached hydrogens (tertiary/aromatic N) is 1. The molecule has 17 heavy (non-hydrogen) atoms. The molecule has 1 unspecified atom stereocenters. The van der Waals surface area contributed by atoms with Gasteiger partial charge in [-0.2, -0.15) is 5.26 Å². The molecule has 1 N–H and O–H groups in total. The fourth-order valence-electron chi connectivity index (χ4n) is 1.44. The van der Waals surface area contributed by atoms with Crippen LogP contribution in [0.2, 0.25) is 0 Å². The van der Waals surface area contributed by atoms with Crippen LogP contribution in [-0.4, -0.2) is 5.91 Å². The van der Waals surface area contributed by atoms with Crippen LogP contribution in [0.15, 0.2) is 24.3 Å². The molecule has 1 atom stereocenters. The van der Waals surface area contributed by atoms with E-state index in [1.807, 2.05) is 30.3 Å². The molecule has 0 heterocycles. The van der Waals surface area contributed by atoms with E-state index in [-0.39, 0.29) is 5.91 Å². The molecule has 90 valence electrons. The molecule has 0 aliphatic heterocycles. The number of carbonyl (C=O) groups excluding carboxylic acids is 1. The Bertz CT molecular complexity index is 403. The molecular weight excluding hydrogens is 212 g/mol. The molecule has 0 saturated carbocycles. The van der Waals surface area contributed by atoms with E-state index >= 15 is 0 Å².